The fourth-order valence-corrected chi connectivity index (χ4v) is 0.164. The molecule has 0 saturated carbocycles. The lowest BCUT2D eigenvalue weighted by Gasteiger charge is -2.00. The average Bonchev–Trinajstić information content (AvgIpc) is 1.62. The van der Waals surface area contributed by atoms with Gasteiger partial charge < -0.3 is 0 Å². The lowest BCUT2D eigenvalue weighted by Crippen LogP contribution is -2.06. The molecule has 0 aromatic heterocycles. The fourth-order valence-electron chi connectivity index (χ4n) is 0.164. The Labute approximate surface area is 49.9 Å². The van der Waals surface area contributed by atoms with Gasteiger partial charge in [-0.25, -0.2) is 0 Å². The van der Waals surface area contributed by atoms with E-state index >= 15 is 0 Å². The van der Waals surface area contributed by atoms with Crippen molar-refractivity contribution in [3.8, 4) is 0 Å². The van der Waals surface area contributed by atoms with Crippen LogP contribution in [0.4, 0.5) is 13.2 Å². The molecule has 48 valence electrons. The minimum absolute atomic E-state index is 0.807. The van der Waals surface area contributed by atoms with Gasteiger partial charge in [0.25, 0.3) is 0 Å². The van der Waals surface area contributed by atoms with E-state index in [0.717, 1.165) is 6.08 Å². The highest BCUT2D eigenvalue weighted by atomic mass is 35.5. The Morgan fingerprint density at radius 3 is 1.88 bits per heavy atom. The highest BCUT2D eigenvalue weighted by Crippen LogP contribution is 2.27. The van der Waals surface area contributed by atoms with E-state index in [-0.39, 0.29) is 0 Å². The van der Waals surface area contributed by atoms with Gasteiger partial charge >= 0.3 is 6.18 Å². The minimum atomic E-state index is -4.36. The predicted octanol–water partition coefficient (Wildman–Crippen LogP) is 2.69. The fraction of sp³-hybridized carbons (Fsp3) is 0.500. The Morgan fingerprint density at radius 2 is 1.88 bits per heavy atom. The maximum absolute atomic E-state index is 11.2. The van der Waals surface area contributed by atoms with Gasteiger partial charge in [-0.1, -0.05) is 17.7 Å². The Kier molecular flexibility index (Phi) is 2.34. The third-order valence-electron chi connectivity index (χ3n) is 0.524. The molecule has 0 N–H and O–H groups in total. The van der Waals surface area contributed by atoms with Crippen molar-refractivity contribution in [2.75, 3.05) is 0 Å². The van der Waals surface area contributed by atoms with Crippen LogP contribution in [0.15, 0.2) is 11.1 Å². The molecule has 0 fully saturated rings. The number of halogens is 4. The van der Waals surface area contributed by atoms with Gasteiger partial charge in [0.1, 0.15) is 5.03 Å². The summed E-state index contributed by atoms with van der Waals surface area (Å²) in [5.74, 6) is 0. The molecular weight excluding hydrogens is 140 g/mol. The van der Waals surface area contributed by atoms with Crippen molar-refractivity contribution in [3.63, 3.8) is 0 Å². The molecule has 0 aliphatic carbocycles. The normalized spacial score (nSPS) is 14.4. The van der Waals surface area contributed by atoms with Gasteiger partial charge in [0.15, 0.2) is 0 Å². The highest BCUT2D eigenvalue weighted by molar-refractivity contribution is 6.30. The molecule has 8 heavy (non-hydrogen) atoms. The number of hydrogen-bond acceptors (Lipinski definition) is 0. The quantitative estimate of drug-likeness (QED) is 0.490. The van der Waals surface area contributed by atoms with Gasteiger partial charge in [0.2, 0.25) is 0 Å². The molecule has 0 bridgehead atoms. The van der Waals surface area contributed by atoms with E-state index < -0.39 is 11.2 Å². The number of allylic oxidation sites excluding steroid dienone is 2. The standard InChI is InChI=1S/C4H4ClF3/c1-2-3(5)4(6,7)8/h2H,1H3/b3-2-. The predicted molar refractivity (Wildman–Crippen MR) is 25.7 cm³/mol. The molecule has 0 aliphatic rings. The summed E-state index contributed by atoms with van der Waals surface area (Å²) in [6.07, 6.45) is -3.56. The lowest BCUT2D eigenvalue weighted by molar-refractivity contribution is -0.0846. The summed E-state index contributed by atoms with van der Waals surface area (Å²) in [5, 5.41) is -1.07. The van der Waals surface area contributed by atoms with E-state index in [1.807, 2.05) is 0 Å². The molecule has 0 rings (SSSR count). The van der Waals surface area contributed by atoms with Gasteiger partial charge in [-0.15, -0.1) is 0 Å². The van der Waals surface area contributed by atoms with E-state index in [0.29, 0.717) is 0 Å². The van der Waals surface area contributed by atoms with Crippen LogP contribution >= 0.6 is 11.6 Å². The van der Waals surface area contributed by atoms with Gasteiger partial charge in [0.05, 0.1) is 0 Å². The second-order valence-corrected chi connectivity index (χ2v) is 1.54. The summed E-state index contributed by atoms with van der Waals surface area (Å²) in [5.41, 5.74) is 0. The summed E-state index contributed by atoms with van der Waals surface area (Å²) >= 11 is 4.68. The van der Waals surface area contributed by atoms with Crippen molar-refractivity contribution in [1.82, 2.24) is 0 Å². The summed E-state index contributed by atoms with van der Waals surface area (Å²) in [7, 11) is 0. The molecular formula is C4H4ClF3. The maximum Gasteiger partial charge on any atom is 0.426 e. The molecule has 0 amide bonds. The second kappa shape index (κ2) is 2.40. The molecule has 0 nitrogen and oxygen atoms in total. The van der Waals surface area contributed by atoms with E-state index in [4.69, 9.17) is 0 Å². The van der Waals surface area contributed by atoms with Crippen molar-refractivity contribution in [2.45, 2.75) is 13.1 Å². The van der Waals surface area contributed by atoms with Crippen LogP contribution in [-0.2, 0) is 0 Å². The van der Waals surface area contributed by atoms with Crippen molar-refractivity contribution in [1.29, 1.82) is 0 Å². The van der Waals surface area contributed by atoms with Gasteiger partial charge in [-0.05, 0) is 6.92 Å². The minimum Gasteiger partial charge on any atom is -0.165 e. The van der Waals surface area contributed by atoms with Crippen LogP contribution in [-0.4, -0.2) is 6.18 Å². The Morgan fingerprint density at radius 1 is 1.50 bits per heavy atom. The van der Waals surface area contributed by atoms with Crippen LogP contribution < -0.4 is 0 Å². The van der Waals surface area contributed by atoms with Gasteiger partial charge in [0, 0.05) is 0 Å². The molecule has 0 atom stereocenters. The van der Waals surface area contributed by atoms with Gasteiger partial charge in [-0.2, -0.15) is 13.2 Å². The molecule has 0 aliphatic heterocycles. The van der Waals surface area contributed by atoms with E-state index in [1.165, 1.54) is 6.92 Å². The zero-order chi connectivity index (χ0) is 6.78. The third-order valence-corrected chi connectivity index (χ3v) is 0.957. The van der Waals surface area contributed by atoms with E-state index in [1.54, 1.807) is 0 Å². The molecule has 0 saturated heterocycles. The van der Waals surface area contributed by atoms with Crippen molar-refractivity contribution >= 4 is 11.6 Å². The van der Waals surface area contributed by atoms with Crippen LogP contribution in [0.1, 0.15) is 6.92 Å². The van der Waals surface area contributed by atoms with E-state index in [2.05, 4.69) is 11.6 Å². The molecule has 0 aromatic rings. The average molecular weight is 145 g/mol. The Balaban J connectivity index is 4.03. The first-order chi connectivity index (χ1) is 3.48. The van der Waals surface area contributed by atoms with Crippen LogP contribution in [0.3, 0.4) is 0 Å². The smallest absolute Gasteiger partial charge is 0.165 e. The van der Waals surface area contributed by atoms with Crippen molar-refractivity contribution < 1.29 is 13.2 Å². The second-order valence-electron chi connectivity index (χ2n) is 1.13. The van der Waals surface area contributed by atoms with Crippen LogP contribution in [0.2, 0.25) is 0 Å². The summed E-state index contributed by atoms with van der Waals surface area (Å²) < 4.78 is 33.7. The summed E-state index contributed by atoms with van der Waals surface area (Å²) in [6.45, 7) is 1.23. The zero-order valence-corrected chi connectivity index (χ0v) is 4.85. The maximum atomic E-state index is 11.2. The van der Waals surface area contributed by atoms with Crippen LogP contribution in [0.25, 0.3) is 0 Å². The lowest BCUT2D eigenvalue weighted by atomic mass is 10.5. The van der Waals surface area contributed by atoms with Gasteiger partial charge in [-0.3, -0.25) is 0 Å². The first-order valence-electron chi connectivity index (χ1n) is 1.87. The zero-order valence-electron chi connectivity index (χ0n) is 4.09. The van der Waals surface area contributed by atoms with Crippen LogP contribution in [0, 0.1) is 0 Å². The van der Waals surface area contributed by atoms with E-state index in [9.17, 15) is 13.2 Å². The largest absolute Gasteiger partial charge is 0.426 e. The highest BCUT2D eigenvalue weighted by Gasteiger charge is 2.31. The van der Waals surface area contributed by atoms with Crippen LogP contribution in [0.5, 0.6) is 0 Å². The first-order valence-corrected chi connectivity index (χ1v) is 2.25. The molecule has 0 heterocycles. The number of hydrogen-bond donors (Lipinski definition) is 0. The molecule has 0 radical (unpaired) electrons. The first kappa shape index (κ1) is 7.82. The molecule has 0 unspecified atom stereocenters. The molecule has 4 heteroatoms. The van der Waals surface area contributed by atoms with Crippen molar-refractivity contribution in [2.24, 2.45) is 0 Å². The third kappa shape index (κ3) is 2.21. The monoisotopic (exact) mass is 144 g/mol. The summed E-state index contributed by atoms with van der Waals surface area (Å²) in [4.78, 5) is 0. The molecule has 0 spiro atoms. The Hall–Kier alpha value is -0.180. The topological polar surface area (TPSA) is 0 Å². The Bertz CT molecular complexity index is 102. The van der Waals surface area contributed by atoms with Crippen molar-refractivity contribution in [3.05, 3.63) is 11.1 Å². The SMILES string of the molecule is C/C=C(\Cl)C(F)(F)F. The number of rotatable bonds is 0. The summed E-state index contributed by atoms with van der Waals surface area (Å²) in [6, 6.07) is 0. The number of alkyl halides is 3. The molecule has 0 aromatic carbocycles.